The molecule has 0 spiro atoms. The highest BCUT2D eigenvalue weighted by Crippen LogP contribution is 2.55. The van der Waals surface area contributed by atoms with Crippen LogP contribution in [-0.4, -0.2) is 14.2 Å². The molecule has 4 rings (SSSR count). The monoisotopic (exact) mass is 334 g/mol. The minimum absolute atomic E-state index is 0.0451. The molecular formula is C15H15ClN4O3. The zero-order valence-electron chi connectivity index (χ0n) is 12.3. The summed E-state index contributed by atoms with van der Waals surface area (Å²) in [6, 6.07) is 3.11. The van der Waals surface area contributed by atoms with Gasteiger partial charge in [0.25, 0.3) is 0 Å². The maximum atomic E-state index is 12.3. The second-order valence-electron chi connectivity index (χ2n) is 6.35. The zero-order chi connectivity index (χ0) is 16.1. The third-order valence-electron chi connectivity index (χ3n) is 4.85. The van der Waals surface area contributed by atoms with Gasteiger partial charge in [0.15, 0.2) is 0 Å². The van der Waals surface area contributed by atoms with Gasteiger partial charge in [-0.25, -0.2) is 0 Å². The minimum atomic E-state index is -0.595. The van der Waals surface area contributed by atoms with Gasteiger partial charge >= 0.3 is 16.3 Å². The molecule has 120 valence electrons. The number of halogens is 1. The molecule has 23 heavy (non-hydrogen) atoms. The van der Waals surface area contributed by atoms with Crippen molar-refractivity contribution in [2.45, 2.75) is 31.8 Å². The predicted molar refractivity (Wildman–Crippen MR) is 82.1 cm³/mol. The molecule has 0 radical (unpaired) electrons. The van der Waals surface area contributed by atoms with E-state index in [1.165, 1.54) is 17.1 Å². The SMILES string of the molecule is O=c1c(=O)n(C2CC3CC3C2)ccn1Cc1ccc(Cl)[n+]([O-])n1. The first-order valence-electron chi connectivity index (χ1n) is 7.60. The van der Waals surface area contributed by atoms with Crippen LogP contribution in [0.1, 0.15) is 31.0 Å². The van der Waals surface area contributed by atoms with E-state index < -0.39 is 11.1 Å². The van der Waals surface area contributed by atoms with Gasteiger partial charge in [-0.1, -0.05) is 0 Å². The molecule has 8 heteroatoms. The molecular weight excluding hydrogens is 320 g/mol. The van der Waals surface area contributed by atoms with Crippen LogP contribution < -0.4 is 16.0 Å². The number of rotatable bonds is 3. The molecule has 2 atom stereocenters. The van der Waals surface area contributed by atoms with Gasteiger partial charge in [0.2, 0.25) is 0 Å². The summed E-state index contributed by atoms with van der Waals surface area (Å²) in [5.74, 6) is 1.47. The molecule has 0 aliphatic heterocycles. The smallest absolute Gasteiger partial charge is 0.316 e. The van der Waals surface area contributed by atoms with Gasteiger partial charge in [0.05, 0.1) is 6.54 Å². The van der Waals surface area contributed by atoms with Crippen LogP contribution in [0.2, 0.25) is 5.15 Å². The van der Waals surface area contributed by atoms with Crippen LogP contribution in [0.3, 0.4) is 0 Å². The largest absolute Gasteiger partial charge is 0.593 e. The van der Waals surface area contributed by atoms with Gasteiger partial charge in [-0.15, -0.1) is 0 Å². The van der Waals surface area contributed by atoms with E-state index in [4.69, 9.17) is 11.6 Å². The summed E-state index contributed by atoms with van der Waals surface area (Å²) in [6.45, 7) is 0.0598. The van der Waals surface area contributed by atoms with E-state index in [0.717, 1.165) is 24.7 Å². The second-order valence-corrected chi connectivity index (χ2v) is 6.73. The summed E-state index contributed by atoms with van der Waals surface area (Å²) in [5, 5.41) is 15.0. The van der Waals surface area contributed by atoms with Gasteiger partial charge < -0.3 is 14.3 Å². The van der Waals surface area contributed by atoms with Crippen LogP contribution in [0.4, 0.5) is 0 Å². The molecule has 0 bridgehead atoms. The molecule has 2 aliphatic carbocycles. The topological polar surface area (TPSA) is 83.8 Å². The lowest BCUT2D eigenvalue weighted by atomic mass is 10.1. The fraction of sp³-hybridized carbons (Fsp3) is 0.467. The Labute approximate surface area is 136 Å². The Morgan fingerprint density at radius 3 is 2.61 bits per heavy atom. The third kappa shape index (κ3) is 2.55. The van der Waals surface area contributed by atoms with Crippen molar-refractivity contribution in [1.29, 1.82) is 0 Å². The van der Waals surface area contributed by atoms with E-state index in [2.05, 4.69) is 5.10 Å². The Balaban J connectivity index is 1.62. The average Bonchev–Trinajstić information content (AvgIpc) is 3.14. The lowest BCUT2D eigenvalue weighted by molar-refractivity contribution is -0.667. The Morgan fingerprint density at radius 1 is 1.17 bits per heavy atom. The van der Waals surface area contributed by atoms with Crippen molar-refractivity contribution >= 4 is 11.6 Å². The molecule has 2 aliphatic rings. The summed E-state index contributed by atoms with van der Waals surface area (Å²) < 4.78 is 2.83. The standard InChI is InChI=1S/C15H15ClN4O3/c16-13-2-1-11(17-20(13)23)8-18-3-4-19(15(22)14(18)21)12-6-9-5-10(9)7-12/h1-4,9-10,12H,5-8H2. The first-order chi connectivity index (χ1) is 11.0. The maximum Gasteiger partial charge on any atom is 0.316 e. The Hall–Kier alpha value is -2.15. The zero-order valence-corrected chi connectivity index (χ0v) is 13.0. The highest BCUT2D eigenvalue weighted by atomic mass is 35.5. The molecule has 0 N–H and O–H groups in total. The van der Waals surface area contributed by atoms with Crippen LogP contribution in [-0.2, 0) is 6.54 Å². The van der Waals surface area contributed by atoms with E-state index in [9.17, 15) is 14.8 Å². The molecule has 2 saturated carbocycles. The van der Waals surface area contributed by atoms with Crippen molar-refractivity contribution in [3.63, 3.8) is 0 Å². The fourth-order valence-corrected chi connectivity index (χ4v) is 3.63. The van der Waals surface area contributed by atoms with Crippen molar-refractivity contribution in [2.24, 2.45) is 11.8 Å². The third-order valence-corrected chi connectivity index (χ3v) is 5.12. The lowest BCUT2D eigenvalue weighted by Crippen LogP contribution is -2.42. The number of fused-ring (bicyclic) bond motifs is 1. The first kappa shape index (κ1) is 14.4. The molecule has 2 aromatic heterocycles. The van der Waals surface area contributed by atoms with E-state index in [0.29, 0.717) is 5.69 Å². The second kappa shape index (κ2) is 5.19. The number of hydrogen-bond acceptors (Lipinski definition) is 4. The fourth-order valence-electron chi connectivity index (χ4n) is 3.53. The minimum Gasteiger partial charge on any atom is -0.593 e. The Bertz CT molecular complexity index is 881. The van der Waals surface area contributed by atoms with Gasteiger partial charge in [0, 0.05) is 29.6 Å². The highest BCUT2D eigenvalue weighted by molar-refractivity contribution is 6.28. The van der Waals surface area contributed by atoms with Crippen molar-refractivity contribution < 1.29 is 4.85 Å². The van der Waals surface area contributed by atoms with Crippen molar-refractivity contribution in [3.05, 3.63) is 61.3 Å². The van der Waals surface area contributed by atoms with Crippen LogP contribution in [0.25, 0.3) is 0 Å². The van der Waals surface area contributed by atoms with E-state index in [-0.39, 0.29) is 22.6 Å². The molecule has 0 amide bonds. The van der Waals surface area contributed by atoms with Gasteiger partial charge in [0.1, 0.15) is 5.69 Å². The summed E-state index contributed by atoms with van der Waals surface area (Å²) in [4.78, 5) is 24.9. The van der Waals surface area contributed by atoms with Crippen LogP contribution >= 0.6 is 11.6 Å². The van der Waals surface area contributed by atoms with Crippen molar-refractivity contribution in [1.82, 2.24) is 14.2 Å². The quantitative estimate of drug-likeness (QED) is 0.470. The highest BCUT2D eigenvalue weighted by Gasteiger charge is 2.46. The molecule has 2 aromatic rings. The number of aromatic nitrogens is 4. The van der Waals surface area contributed by atoms with Crippen molar-refractivity contribution in [3.8, 4) is 0 Å². The van der Waals surface area contributed by atoms with Crippen LogP contribution in [0.15, 0.2) is 34.1 Å². The maximum absolute atomic E-state index is 12.3. The van der Waals surface area contributed by atoms with E-state index >= 15 is 0 Å². The Morgan fingerprint density at radius 2 is 1.91 bits per heavy atom. The average molecular weight is 335 g/mol. The number of nitrogens with zero attached hydrogens (tertiary/aromatic N) is 4. The predicted octanol–water partition coefficient (Wildman–Crippen LogP) is 0.711. The van der Waals surface area contributed by atoms with Crippen molar-refractivity contribution in [2.75, 3.05) is 0 Å². The summed E-state index contributed by atoms with van der Waals surface area (Å²) in [7, 11) is 0. The van der Waals surface area contributed by atoms with Crippen LogP contribution in [0, 0.1) is 17.0 Å². The van der Waals surface area contributed by atoms with Crippen LogP contribution in [0.5, 0.6) is 0 Å². The van der Waals surface area contributed by atoms with Gasteiger partial charge in [-0.3, -0.25) is 9.59 Å². The molecule has 2 fully saturated rings. The molecule has 0 saturated heterocycles. The normalized spacial score (nSPS) is 25.3. The summed E-state index contributed by atoms with van der Waals surface area (Å²) in [5.41, 5.74) is -0.740. The summed E-state index contributed by atoms with van der Waals surface area (Å²) >= 11 is 5.61. The first-order valence-corrected chi connectivity index (χ1v) is 7.97. The Kier molecular flexibility index (Phi) is 3.26. The van der Waals surface area contributed by atoms with E-state index in [1.54, 1.807) is 23.0 Å². The molecule has 2 heterocycles. The van der Waals surface area contributed by atoms with Gasteiger partial charge in [-0.2, -0.15) is 0 Å². The van der Waals surface area contributed by atoms with Gasteiger partial charge in [-0.05, 0) is 53.6 Å². The molecule has 7 nitrogen and oxygen atoms in total. The number of hydrogen-bond donors (Lipinski definition) is 0. The molecule has 0 aromatic carbocycles. The summed E-state index contributed by atoms with van der Waals surface area (Å²) in [6.07, 6.45) is 6.49. The van der Waals surface area contributed by atoms with E-state index in [1.807, 2.05) is 0 Å². The lowest BCUT2D eigenvalue weighted by Gasteiger charge is -2.16. The molecule has 2 unspecified atom stereocenters.